The normalized spacial score (nSPS) is 39.8. The van der Waals surface area contributed by atoms with E-state index in [1.54, 1.807) is 0 Å². The Balaban J connectivity index is 2.09. The van der Waals surface area contributed by atoms with Gasteiger partial charge in [-0.3, -0.25) is 0 Å². The molecule has 2 nitrogen and oxygen atoms in total. The summed E-state index contributed by atoms with van der Waals surface area (Å²) in [6.45, 7) is 0. The van der Waals surface area contributed by atoms with Crippen LogP contribution in [0.5, 0.6) is 0 Å². The molecule has 0 radical (unpaired) electrons. The Kier molecular flexibility index (Phi) is 1.12. The second-order valence-corrected chi connectivity index (χ2v) is 2.83. The van der Waals surface area contributed by atoms with Gasteiger partial charge in [0.05, 0.1) is 0 Å². The highest BCUT2D eigenvalue weighted by Gasteiger charge is 2.37. The number of hydrogen-bond donors (Lipinski definition) is 0. The zero-order valence-electron chi connectivity index (χ0n) is 5.00. The first kappa shape index (κ1) is 5.47. The van der Waals surface area contributed by atoms with Gasteiger partial charge in [0.25, 0.3) is 0 Å². The van der Waals surface area contributed by atoms with Crippen molar-refractivity contribution < 1.29 is 9.47 Å². The number of fused-ring (bicyclic) bond motifs is 1. The molecule has 3 heteroatoms. The number of hydrogen-bond acceptors (Lipinski definition) is 3. The highest BCUT2D eigenvalue weighted by atomic mass is 32.1. The molecule has 2 atom stereocenters. The van der Waals surface area contributed by atoms with E-state index in [0.29, 0.717) is 5.24 Å². The maximum atomic E-state index is 5.19. The van der Waals surface area contributed by atoms with E-state index in [1.807, 2.05) is 0 Å². The van der Waals surface area contributed by atoms with Gasteiger partial charge in [-0.1, -0.05) is 0 Å². The van der Waals surface area contributed by atoms with E-state index in [0.717, 1.165) is 12.8 Å². The van der Waals surface area contributed by atoms with Gasteiger partial charge >= 0.3 is 5.24 Å². The molecule has 1 aliphatic carbocycles. The molecule has 0 amide bonds. The first-order valence-corrected chi connectivity index (χ1v) is 3.64. The average molecular weight is 144 g/mol. The van der Waals surface area contributed by atoms with E-state index in [-0.39, 0.29) is 12.2 Å². The Morgan fingerprint density at radius 2 is 1.78 bits per heavy atom. The molecule has 1 saturated heterocycles. The summed E-state index contributed by atoms with van der Waals surface area (Å²) in [5, 5.41) is 0.352. The molecule has 0 aromatic heterocycles. The van der Waals surface area contributed by atoms with Crippen molar-refractivity contribution in [2.45, 2.75) is 31.5 Å². The molecular weight excluding hydrogens is 136 g/mol. The van der Waals surface area contributed by atoms with Crippen molar-refractivity contribution in [3.05, 3.63) is 0 Å². The largest absolute Gasteiger partial charge is 0.450 e. The summed E-state index contributed by atoms with van der Waals surface area (Å²) in [5.74, 6) is 0. The second kappa shape index (κ2) is 1.84. The molecule has 0 N–H and O–H groups in total. The van der Waals surface area contributed by atoms with Gasteiger partial charge < -0.3 is 9.47 Å². The van der Waals surface area contributed by atoms with Gasteiger partial charge in [0, 0.05) is 12.2 Å². The van der Waals surface area contributed by atoms with Crippen molar-refractivity contribution in [3.63, 3.8) is 0 Å². The predicted molar refractivity (Wildman–Crippen MR) is 36.2 cm³/mol. The number of ether oxygens (including phenoxy) is 2. The van der Waals surface area contributed by atoms with Gasteiger partial charge in [0.15, 0.2) is 0 Å². The van der Waals surface area contributed by atoms with Gasteiger partial charge in [0.1, 0.15) is 12.2 Å². The van der Waals surface area contributed by atoms with E-state index >= 15 is 0 Å². The van der Waals surface area contributed by atoms with Gasteiger partial charge in [-0.2, -0.15) is 0 Å². The molecule has 0 spiro atoms. The third kappa shape index (κ3) is 0.796. The average Bonchev–Trinajstić information content (AvgIpc) is 2.22. The summed E-state index contributed by atoms with van der Waals surface area (Å²) < 4.78 is 10.4. The quantitative estimate of drug-likeness (QED) is 0.476. The predicted octanol–water partition coefficient (Wildman–Crippen LogP) is 1.24. The summed E-state index contributed by atoms with van der Waals surface area (Å²) in [6.07, 6.45) is 4.03. The minimum absolute atomic E-state index is 0.289. The van der Waals surface area contributed by atoms with Crippen LogP contribution in [-0.4, -0.2) is 17.4 Å². The van der Waals surface area contributed by atoms with E-state index in [4.69, 9.17) is 21.7 Å². The lowest BCUT2D eigenvalue weighted by Gasteiger charge is -2.00. The van der Waals surface area contributed by atoms with Crippen LogP contribution in [0.2, 0.25) is 0 Å². The fraction of sp³-hybridized carbons (Fsp3) is 0.833. The van der Waals surface area contributed by atoms with Crippen molar-refractivity contribution in [2.75, 3.05) is 0 Å². The standard InChI is InChI=1S/C6H8O2S/c9-6-7-4-2-1-3-5(4)8-6/h4-5H,1-3H2. The molecule has 0 aromatic rings. The molecule has 2 unspecified atom stereocenters. The highest BCUT2D eigenvalue weighted by molar-refractivity contribution is 7.79. The van der Waals surface area contributed by atoms with Crippen LogP contribution in [-0.2, 0) is 9.47 Å². The topological polar surface area (TPSA) is 18.5 Å². The van der Waals surface area contributed by atoms with Gasteiger partial charge in [-0.05, 0) is 19.3 Å². The summed E-state index contributed by atoms with van der Waals surface area (Å²) in [4.78, 5) is 0. The van der Waals surface area contributed by atoms with Gasteiger partial charge in [-0.15, -0.1) is 0 Å². The zero-order chi connectivity index (χ0) is 6.27. The number of rotatable bonds is 0. The summed E-state index contributed by atoms with van der Waals surface area (Å²) in [7, 11) is 0. The smallest absolute Gasteiger partial charge is 0.353 e. The molecule has 2 rings (SSSR count). The fourth-order valence-electron chi connectivity index (χ4n) is 1.44. The minimum Gasteiger partial charge on any atom is -0.450 e. The maximum Gasteiger partial charge on any atom is 0.353 e. The van der Waals surface area contributed by atoms with Crippen LogP contribution in [0.3, 0.4) is 0 Å². The molecular formula is C6H8O2S. The van der Waals surface area contributed by atoms with Crippen LogP contribution >= 0.6 is 12.2 Å². The van der Waals surface area contributed by atoms with Gasteiger partial charge in [-0.25, -0.2) is 0 Å². The molecule has 0 aromatic carbocycles. The monoisotopic (exact) mass is 144 g/mol. The molecule has 1 heterocycles. The van der Waals surface area contributed by atoms with Crippen molar-refractivity contribution >= 4 is 17.5 Å². The lowest BCUT2D eigenvalue weighted by molar-refractivity contribution is 0.187. The van der Waals surface area contributed by atoms with Crippen molar-refractivity contribution in [3.8, 4) is 0 Å². The Bertz CT molecular complexity index is 132. The Hall–Kier alpha value is -0.310. The van der Waals surface area contributed by atoms with Crippen molar-refractivity contribution in [1.82, 2.24) is 0 Å². The van der Waals surface area contributed by atoms with Crippen LogP contribution in [0, 0.1) is 0 Å². The Morgan fingerprint density at radius 3 is 2.33 bits per heavy atom. The molecule has 1 saturated carbocycles. The summed E-state index contributed by atoms with van der Waals surface area (Å²) in [5.41, 5.74) is 0. The first-order valence-electron chi connectivity index (χ1n) is 3.23. The van der Waals surface area contributed by atoms with Crippen LogP contribution in [0.4, 0.5) is 0 Å². The lowest BCUT2D eigenvalue weighted by atomic mass is 10.3. The second-order valence-electron chi connectivity index (χ2n) is 2.49. The fourth-order valence-corrected chi connectivity index (χ4v) is 1.68. The van der Waals surface area contributed by atoms with Crippen LogP contribution < -0.4 is 0 Å². The highest BCUT2D eigenvalue weighted by Crippen LogP contribution is 2.30. The van der Waals surface area contributed by atoms with Crippen LogP contribution in [0.1, 0.15) is 19.3 Å². The van der Waals surface area contributed by atoms with Gasteiger partial charge in [0.2, 0.25) is 0 Å². The summed E-state index contributed by atoms with van der Waals surface area (Å²) >= 11 is 4.73. The summed E-state index contributed by atoms with van der Waals surface area (Å²) in [6, 6.07) is 0. The van der Waals surface area contributed by atoms with E-state index < -0.39 is 0 Å². The molecule has 9 heavy (non-hydrogen) atoms. The Labute approximate surface area is 59.1 Å². The van der Waals surface area contributed by atoms with E-state index in [1.165, 1.54) is 6.42 Å². The SMILES string of the molecule is S=C1OC2CCCC2O1. The van der Waals surface area contributed by atoms with E-state index in [9.17, 15) is 0 Å². The maximum absolute atomic E-state index is 5.19. The molecule has 0 bridgehead atoms. The number of thiocarbonyl (C=S) groups is 1. The van der Waals surface area contributed by atoms with E-state index in [2.05, 4.69) is 0 Å². The molecule has 50 valence electrons. The lowest BCUT2D eigenvalue weighted by Crippen LogP contribution is -2.13. The molecule has 2 aliphatic rings. The van der Waals surface area contributed by atoms with Crippen molar-refractivity contribution in [2.24, 2.45) is 0 Å². The third-order valence-corrected chi connectivity index (χ3v) is 2.08. The Morgan fingerprint density at radius 1 is 1.22 bits per heavy atom. The first-order chi connectivity index (χ1) is 4.36. The third-order valence-electron chi connectivity index (χ3n) is 1.89. The zero-order valence-corrected chi connectivity index (χ0v) is 5.82. The minimum atomic E-state index is 0.289. The van der Waals surface area contributed by atoms with Crippen molar-refractivity contribution in [1.29, 1.82) is 0 Å². The van der Waals surface area contributed by atoms with Crippen LogP contribution in [0.25, 0.3) is 0 Å². The molecule has 1 aliphatic heterocycles. The molecule has 2 fully saturated rings. The van der Waals surface area contributed by atoms with Crippen LogP contribution in [0.15, 0.2) is 0 Å².